The zero-order valence-electron chi connectivity index (χ0n) is 19.5. The van der Waals surface area contributed by atoms with E-state index in [1.165, 1.54) is 0 Å². The van der Waals surface area contributed by atoms with Gasteiger partial charge >= 0.3 is 0 Å². The van der Waals surface area contributed by atoms with E-state index in [1.807, 2.05) is 23.1 Å². The first-order valence-corrected chi connectivity index (χ1v) is 11.8. The molecule has 8 heteroatoms. The van der Waals surface area contributed by atoms with Crippen LogP contribution in [0.4, 0.5) is 20.3 Å². The summed E-state index contributed by atoms with van der Waals surface area (Å²) in [5, 5.41) is 3.41. The molecule has 178 valence electrons. The molecule has 0 saturated carbocycles. The van der Waals surface area contributed by atoms with Gasteiger partial charge in [-0.3, -0.25) is 9.78 Å². The normalized spacial score (nSPS) is 17.3. The summed E-state index contributed by atoms with van der Waals surface area (Å²) in [4.78, 5) is 25.8. The summed E-state index contributed by atoms with van der Waals surface area (Å²) in [5.41, 5.74) is 3.63. The number of amides is 1. The Hall–Kier alpha value is -3.13. The highest BCUT2D eigenvalue weighted by Crippen LogP contribution is 2.42. The summed E-state index contributed by atoms with van der Waals surface area (Å²) in [5.74, 6) is 0.387. The van der Waals surface area contributed by atoms with Crippen molar-refractivity contribution in [2.75, 3.05) is 38.6 Å². The van der Waals surface area contributed by atoms with Crippen molar-refractivity contribution in [2.45, 2.75) is 38.0 Å². The van der Waals surface area contributed by atoms with Crippen molar-refractivity contribution in [1.82, 2.24) is 20.2 Å². The van der Waals surface area contributed by atoms with Crippen molar-refractivity contribution in [3.63, 3.8) is 0 Å². The molecule has 0 radical (unpaired) electrons. The third kappa shape index (κ3) is 4.11. The molecule has 0 unspecified atom stereocenters. The zero-order valence-corrected chi connectivity index (χ0v) is 19.5. The number of carbonyl (C=O) groups is 1. The molecule has 2 aliphatic heterocycles. The fourth-order valence-electron chi connectivity index (χ4n) is 5.25. The molecule has 1 amide bonds. The van der Waals surface area contributed by atoms with E-state index in [2.05, 4.69) is 27.2 Å². The molecule has 1 fully saturated rings. The van der Waals surface area contributed by atoms with Crippen LogP contribution in [0.5, 0.6) is 0 Å². The number of alkyl halides is 2. The quantitative estimate of drug-likeness (QED) is 0.599. The second-order valence-electron chi connectivity index (χ2n) is 9.23. The number of carbonyl (C=O) groups excluding carboxylic acids is 1. The van der Waals surface area contributed by atoms with Gasteiger partial charge in [-0.2, -0.15) is 0 Å². The van der Waals surface area contributed by atoms with Gasteiger partial charge in [0.25, 0.3) is 12.3 Å². The predicted molar refractivity (Wildman–Crippen MR) is 129 cm³/mol. The topological polar surface area (TPSA) is 61.4 Å². The lowest BCUT2D eigenvalue weighted by Crippen LogP contribution is -2.30. The molecular formula is C26H29F2N5O. The van der Waals surface area contributed by atoms with Gasteiger partial charge in [-0.15, -0.1) is 0 Å². The largest absolute Gasteiger partial charge is 0.354 e. The van der Waals surface area contributed by atoms with Gasteiger partial charge in [0.1, 0.15) is 11.2 Å². The fraction of sp³-hybridized carbons (Fsp3) is 0.423. The Morgan fingerprint density at radius 3 is 2.71 bits per heavy atom. The monoisotopic (exact) mass is 465 g/mol. The van der Waals surface area contributed by atoms with E-state index in [-0.39, 0.29) is 23.1 Å². The summed E-state index contributed by atoms with van der Waals surface area (Å²) in [6.45, 7) is 2.47. The van der Waals surface area contributed by atoms with Crippen molar-refractivity contribution < 1.29 is 13.6 Å². The third-order valence-electron chi connectivity index (χ3n) is 7.08. The average molecular weight is 466 g/mol. The number of aryl methyl sites for hydroxylation is 1. The molecule has 1 saturated heterocycles. The number of nitrogens with one attached hydrogen (secondary N) is 1. The number of halogens is 2. The van der Waals surface area contributed by atoms with Gasteiger partial charge in [-0.05, 0) is 81.1 Å². The van der Waals surface area contributed by atoms with Crippen LogP contribution in [-0.4, -0.2) is 54.5 Å². The molecule has 1 N–H and O–H groups in total. The van der Waals surface area contributed by atoms with Gasteiger partial charge in [0, 0.05) is 36.4 Å². The lowest BCUT2D eigenvalue weighted by molar-refractivity contribution is 0.0958. The van der Waals surface area contributed by atoms with E-state index < -0.39 is 6.43 Å². The van der Waals surface area contributed by atoms with Crippen LogP contribution < -0.4 is 10.2 Å². The third-order valence-corrected chi connectivity index (χ3v) is 7.08. The van der Waals surface area contributed by atoms with Crippen LogP contribution in [-0.2, 0) is 6.42 Å². The molecule has 4 heterocycles. The predicted octanol–water partition coefficient (Wildman–Crippen LogP) is 4.82. The van der Waals surface area contributed by atoms with Crippen LogP contribution in [0.3, 0.4) is 0 Å². The SMILES string of the molecule is CNC(=O)c1cc2cccnc2c(N2CCCc3cc(C4CCN(C)CC4)c(C(F)F)cc32)n1. The van der Waals surface area contributed by atoms with Crippen LogP contribution in [0, 0.1) is 0 Å². The Morgan fingerprint density at radius 2 is 1.97 bits per heavy atom. The number of hydrogen-bond donors (Lipinski definition) is 1. The molecule has 5 rings (SSSR count). The average Bonchev–Trinajstić information content (AvgIpc) is 2.86. The maximum Gasteiger partial charge on any atom is 0.269 e. The molecule has 0 spiro atoms. The maximum atomic E-state index is 14.3. The minimum atomic E-state index is -2.55. The fourth-order valence-corrected chi connectivity index (χ4v) is 5.25. The summed E-state index contributed by atoms with van der Waals surface area (Å²) >= 11 is 0. The van der Waals surface area contributed by atoms with Crippen molar-refractivity contribution >= 4 is 28.3 Å². The molecule has 0 atom stereocenters. The highest BCUT2D eigenvalue weighted by molar-refractivity contribution is 5.99. The first kappa shape index (κ1) is 22.7. The first-order valence-electron chi connectivity index (χ1n) is 11.8. The number of anilines is 2. The number of fused-ring (bicyclic) bond motifs is 2. The van der Waals surface area contributed by atoms with Crippen LogP contribution in [0.2, 0.25) is 0 Å². The van der Waals surface area contributed by atoms with Gasteiger partial charge in [-0.25, -0.2) is 13.8 Å². The highest BCUT2D eigenvalue weighted by Gasteiger charge is 2.29. The Morgan fingerprint density at radius 1 is 1.18 bits per heavy atom. The van der Waals surface area contributed by atoms with E-state index in [1.54, 1.807) is 25.4 Å². The Balaban J connectivity index is 1.64. The lowest BCUT2D eigenvalue weighted by atomic mass is 9.84. The van der Waals surface area contributed by atoms with Crippen molar-refractivity contribution in [3.05, 3.63) is 58.9 Å². The molecule has 0 aliphatic carbocycles. The van der Waals surface area contributed by atoms with Gasteiger partial charge in [0.15, 0.2) is 5.82 Å². The number of likely N-dealkylation sites (tertiary alicyclic amines) is 1. The highest BCUT2D eigenvalue weighted by atomic mass is 19.3. The summed E-state index contributed by atoms with van der Waals surface area (Å²) in [7, 11) is 3.64. The smallest absolute Gasteiger partial charge is 0.269 e. The number of rotatable bonds is 4. The van der Waals surface area contributed by atoms with E-state index in [0.717, 1.165) is 61.0 Å². The summed E-state index contributed by atoms with van der Waals surface area (Å²) in [6.07, 6.45) is 2.62. The molecule has 3 aromatic rings. The van der Waals surface area contributed by atoms with E-state index >= 15 is 0 Å². The van der Waals surface area contributed by atoms with Crippen LogP contribution in [0.15, 0.2) is 36.5 Å². The molecule has 34 heavy (non-hydrogen) atoms. The molecule has 2 aromatic heterocycles. The van der Waals surface area contributed by atoms with Gasteiger partial charge in [0.05, 0.1) is 0 Å². The van der Waals surface area contributed by atoms with Crippen LogP contribution >= 0.6 is 0 Å². The van der Waals surface area contributed by atoms with Gasteiger partial charge < -0.3 is 15.1 Å². The summed E-state index contributed by atoms with van der Waals surface area (Å²) < 4.78 is 28.6. The number of hydrogen-bond acceptors (Lipinski definition) is 5. The molecular weight excluding hydrogens is 436 g/mol. The Kier molecular flexibility index (Phi) is 6.16. The number of piperidine rings is 1. The molecule has 0 bridgehead atoms. The molecule has 1 aromatic carbocycles. The Bertz CT molecular complexity index is 1220. The van der Waals surface area contributed by atoms with Crippen LogP contribution in [0.25, 0.3) is 10.9 Å². The van der Waals surface area contributed by atoms with Crippen LogP contribution in [0.1, 0.15) is 58.8 Å². The summed E-state index contributed by atoms with van der Waals surface area (Å²) in [6, 6.07) is 9.08. The van der Waals surface area contributed by atoms with Crippen molar-refractivity contribution in [2.24, 2.45) is 0 Å². The standard InChI is InChI=1S/C26H29F2N5O/c1-29-26(34)21-14-18-5-3-9-30-23(18)25(31-21)33-10-4-6-17-13-19(16-7-11-32(2)12-8-16)20(24(27)28)15-22(17)33/h3,5,9,13-16,24H,4,6-8,10-12H2,1-2H3,(H,29,34). The maximum absolute atomic E-state index is 14.3. The minimum absolute atomic E-state index is 0.111. The number of benzene rings is 1. The first-order chi connectivity index (χ1) is 16.5. The minimum Gasteiger partial charge on any atom is -0.354 e. The van der Waals surface area contributed by atoms with E-state index in [9.17, 15) is 13.6 Å². The second-order valence-corrected chi connectivity index (χ2v) is 9.23. The zero-order chi connectivity index (χ0) is 23.8. The lowest BCUT2D eigenvalue weighted by Gasteiger charge is -2.35. The van der Waals surface area contributed by atoms with E-state index in [4.69, 9.17) is 0 Å². The molecule has 2 aliphatic rings. The Labute approximate surface area is 198 Å². The number of nitrogens with zero attached hydrogens (tertiary/aromatic N) is 4. The second kappa shape index (κ2) is 9.25. The molecule has 6 nitrogen and oxygen atoms in total. The van der Waals surface area contributed by atoms with Gasteiger partial charge in [0.2, 0.25) is 0 Å². The van der Waals surface area contributed by atoms with Crippen molar-refractivity contribution in [3.8, 4) is 0 Å². The van der Waals surface area contributed by atoms with Gasteiger partial charge in [-0.1, -0.05) is 12.1 Å². The van der Waals surface area contributed by atoms with E-state index in [0.29, 0.717) is 17.9 Å². The number of aromatic nitrogens is 2. The van der Waals surface area contributed by atoms with Crippen molar-refractivity contribution in [1.29, 1.82) is 0 Å². The number of pyridine rings is 2.